The molecule has 1 unspecified atom stereocenters. The van der Waals surface area contributed by atoms with Gasteiger partial charge in [-0.15, -0.1) is 0 Å². The zero-order valence-electron chi connectivity index (χ0n) is 42.4. The molecule has 0 bridgehead atoms. The Hall–Kier alpha value is -7.46. The summed E-state index contributed by atoms with van der Waals surface area (Å²) < 4.78 is 0. The molecule has 11 amide bonds. The molecule has 2 fully saturated rings. The number of amides is 11. The minimum Gasteiger partial charge on any atom is -0.370 e. The van der Waals surface area contributed by atoms with Crippen molar-refractivity contribution >= 4 is 92.5 Å². The van der Waals surface area contributed by atoms with Gasteiger partial charge in [-0.3, -0.25) is 57.7 Å². The lowest BCUT2D eigenvalue weighted by atomic mass is 9.99. The lowest BCUT2D eigenvalue weighted by Gasteiger charge is -2.36. The number of nitrogens with two attached hydrogens (primary N) is 6. The number of guanidine groups is 1. The molecule has 0 spiro atoms. The van der Waals surface area contributed by atoms with Crippen molar-refractivity contribution in [1.82, 2.24) is 41.3 Å². The molecule has 4 rings (SSSR count). The molecule has 2 heterocycles. The van der Waals surface area contributed by atoms with E-state index in [1.807, 2.05) is 0 Å². The number of carbonyl (C=O) groups is 11. The van der Waals surface area contributed by atoms with Crippen molar-refractivity contribution in [3.63, 3.8) is 0 Å². The van der Waals surface area contributed by atoms with Gasteiger partial charge in [0.05, 0.1) is 19.0 Å². The Morgan fingerprint density at radius 2 is 1.30 bits per heavy atom. The summed E-state index contributed by atoms with van der Waals surface area (Å²) in [6, 6.07) is 6.44. The highest BCUT2D eigenvalue weighted by molar-refractivity contribution is 8.76. The average Bonchev–Trinajstić information content (AvgIpc) is 3.88. The summed E-state index contributed by atoms with van der Waals surface area (Å²) in [5, 5.41) is 12.6. The van der Waals surface area contributed by atoms with Crippen molar-refractivity contribution in [2.75, 3.05) is 45.2 Å². The van der Waals surface area contributed by atoms with Gasteiger partial charge >= 0.3 is 0 Å². The third-order valence-corrected chi connectivity index (χ3v) is 14.9. The molecule has 0 aliphatic carbocycles. The molecular weight excluding hydrogens is 1030 g/mol. The SMILES string of the molecule is CN1C(=O)[C@H](Cc2ccccc2)N(C)C(=O)[C@@H](N)CSSC[C@@H](C(=O)N2CCC[C@H]2C(=O)N[C@@H](CCCN=C(N)N)C(=O)NCC(N)=O)NC(=O)[C@H](CC(N)=O)NC(=O)C(CCC(N)=O)NC(=O)[C@H]1Cc1ccccc1. The zero-order valence-corrected chi connectivity index (χ0v) is 44.0. The zero-order chi connectivity index (χ0) is 56.1. The number of likely N-dealkylation sites (N-methyl/N-ethyl adjacent to an activating group) is 2. The van der Waals surface area contributed by atoms with Crippen LogP contribution in [-0.2, 0) is 65.6 Å². The standard InChI is InChI=1S/C48H69N15O11S2/c1-61-35(21-27-11-5-3-6-12-27)44(71)58-31(17-18-37(50)64)41(68)59-32(23-38(51)65)42(69)60-33(26-76-75-25-29(49)45(72)62(2)36(47(61)74)22-28-13-7-4-8-14-28)46(73)63-20-10-16-34(63)43(70)57-30(15-9-19-55-48(53)54)40(67)56-24-39(52)66/h3-8,11-14,29-36H,9-10,15-26,49H2,1-2H3,(H2,50,64)(H2,51,65)(H2,52,66)(H,56,67)(H,57,70)(H,58,71)(H,59,68)(H,60,69)(H4,53,54,55)/t29-,30-,31?,32-,33-,34-,35+,36-/m0/s1. The van der Waals surface area contributed by atoms with E-state index in [0.29, 0.717) is 17.5 Å². The van der Waals surface area contributed by atoms with Crippen molar-refractivity contribution in [2.24, 2.45) is 39.4 Å². The second kappa shape index (κ2) is 30.2. The fourth-order valence-electron chi connectivity index (χ4n) is 8.38. The van der Waals surface area contributed by atoms with Crippen LogP contribution in [0.25, 0.3) is 0 Å². The van der Waals surface area contributed by atoms with E-state index in [0.717, 1.165) is 21.6 Å². The molecular formula is C48H69N15O11S2. The normalized spacial score (nSPS) is 22.8. The van der Waals surface area contributed by atoms with E-state index in [2.05, 4.69) is 31.6 Å². The molecule has 2 saturated heterocycles. The van der Waals surface area contributed by atoms with Crippen molar-refractivity contribution < 1.29 is 52.7 Å². The molecule has 2 aliphatic heterocycles. The van der Waals surface area contributed by atoms with Crippen LogP contribution in [-0.4, -0.2) is 179 Å². The van der Waals surface area contributed by atoms with Crippen LogP contribution in [0.4, 0.5) is 0 Å². The number of benzene rings is 2. The minimum absolute atomic E-state index is 0.00696. The number of likely N-dealkylation sites (tertiary alicyclic amines) is 1. The highest BCUT2D eigenvalue weighted by Gasteiger charge is 2.42. The van der Waals surface area contributed by atoms with E-state index in [4.69, 9.17) is 34.4 Å². The highest BCUT2D eigenvalue weighted by atomic mass is 33.1. The molecule has 2 aliphatic rings. The first-order valence-corrected chi connectivity index (χ1v) is 26.9. The number of rotatable bonds is 19. The summed E-state index contributed by atoms with van der Waals surface area (Å²) in [5.74, 6) is -9.84. The molecule has 2 aromatic carbocycles. The molecule has 17 N–H and O–H groups in total. The van der Waals surface area contributed by atoms with Crippen LogP contribution in [0, 0.1) is 0 Å². The second-order valence-electron chi connectivity index (χ2n) is 18.2. The smallest absolute Gasteiger partial charge is 0.246 e. The van der Waals surface area contributed by atoms with Gasteiger partial charge in [-0.05, 0) is 43.2 Å². The van der Waals surface area contributed by atoms with E-state index in [-0.39, 0.29) is 62.7 Å². The van der Waals surface area contributed by atoms with Gasteiger partial charge in [-0.1, -0.05) is 82.3 Å². The Kier molecular flexibility index (Phi) is 24.3. The summed E-state index contributed by atoms with van der Waals surface area (Å²) in [5.41, 5.74) is 34.9. The predicted molar refractivity (Wildman–Crippen MR) is 283 cm³/mol. The number of aliphatic imine (C=N–C) groups is 1. The van der Waals surface area contributed by atoms with E-state index in [1.165, 1.54) is 28.8 Å². The van der Waals surface area contributed by atoms with Gasteiger partial charge in [0.15, 0.2) is 5.96 Å². The molecule has 414 valence electrons. The summed E-state index contributed by atoms with van der Waals surface area (Å²) in [6.07, 6.45) is -1.07. The Morgan fingerprint density at radius 1 is 0.724 bits per heavy atom. The first-order chi connectivity index (χ1) is 36.1. The van der Waals surface area contributed by atoms with Crippen LogP contribution in [0.2, 0.25) is 0 Å². The fraction of sp³-hybridized carbons (Fsp3) is 0.500. The number of hydrogen-bond donors (Lipinski definition) is 11. The Labute approximate surface area is 447 Å². The number of carbonyl (C=O) groups excluding carboxylic acids is 11. The average molecular weight is 1100 g/mol. The fourth-order valence-corrected chi connectivity index (χ4v) is 10.6. The molecule has 28 heteroatoms. The van der Waals surface area contributed by atoms with Gasteiger partial charge < -0.3 is 75.7 Å². The van der Waals surface area contributed by atoms with Crippen molar-refractivity contribution in [2.45, 2.75) is 106 Å². The summed E-state index contributed by atoms with van der Waals surface area (Å²) >= 11 is 0. The maximum absolute atomic E-state index is 14.8. The van der Waals surface area contributed by atoms with Crippen molar-refractivity contribution in [1.29, 1.82) is 0 Å². The van der Waals surface area contributed by atoms with Crippen LogP contribution in [0.1, 0.15) is 56.1 Å². The maximum atomic E-state index is 14.8. The monoisotopic (exact) mass is 1100 g/mol. The van der Waals surface area contributed by atoms with Crippen LogP contribution >= 0.6 is 21.6 Å². The third kappa shape index (κ3) is 19.0. The highest BCUT2D eigenvalue weighted by Crippen LogP contribution is 2.27. The summed E-state index contributed by atoms with van der Waals surface area (Å²) in [7, 11) is 4.88. The van der Waals surface area contributed by atoms with Crippen LogP contribution < -0.4 is 61.0 Å². The van der Waals surface area contributed by atoms with Gasteiger partial charge in [-0.2, -0.15) is 0 Å². The van der Waals surface area contributed by atoms with Gasteiger partial charge in [0.1, 0.15) is 42.3 Å². The van der Waals surface area contributed by atoms with E-state index in [1.54, 1.807) is 60.7 Å². The molecule has 0 radical (unpaired) electrons. The molecule has 2 aromatic rings. The first kappa shape index (κ1) is 61.1. The van der Waals surface area contributed by atoms with Crippen LogP contribution in [0.3, 0.4) is 0 Å². The van der Waals surface area contributed by atoms with E-state index in [9.17, 15) is 52.7 Å². The van der Waals surface area contributed by atoms with E-state index >= 15 is 0 Å². The summed E-state index contributed by atoms with van der Waals surface area (Å²) in [6.45, 7) is -0.414. The van der Waals surface area contributed by atoms with Gasteiger partial charge in [0.25, 0.3) is 0 Å². The molecule has 8 atom stereocenters. The van der Waals surface area contributed by atoms with Crippen LogP contribution in [0.15, 0.2) is 65.7 Å². The van der Waals surface area contributed by atoms with E-state index < -0.39 is 139 Å². The molecule has 0 aromatic heterocycles. The largest absolute Gasteiger partial charge is 0.370 e. The first-order valence-electron chi connectivity index (χ1n) is 24.4. The maximum Gasteiger partial charge on any atom is 0.246 e. The number of primary amides is 3. The Bertz CT molecular complexity index is 2440. The van der Waals surface area contributed by atoms with Gasteiger partial charge in [0.2, 0.25) is 65.0 Å². The quantitative estimate of drug-likeness (QED) is 0.0274. The third-order valence-electron chi connectivity index (χ3n) is 12.5. The lowest BCUT2D eigenvalue weighted by molar-refractivity contribution is -0.148. The van der Waals surface area contributed by atoms with Crippen molar-refractivity contribution in [3.8, 4) is 0 Å². The van der Waals surface area contributed by atoms with Crippen LogP contribution in [0.5, 0.6) is 0 Å². The Balaban J connectivity index is 1.75. The number of nitrogens with one attached hydrogen (secondary N) is 5. The molecule has 0 saturated carbocycles. The number of hydrogen-bond acceptors (Lipinski definition) is 15. The molecule has 26 nitrogen and oxygen atoms in total. The van der Waals surface area contributed by atoms with Gasteiger partial charge in [-0.25, -0.2) is 0 Å². The van der Waals surface area contributed by atoms with Gasteiger partial charge in [0, 0.05) is 58.0 Å². The molecule has 76 heavy (non-hydrogen) atoms. The lowest BCUT2D eigenvalue weighted by Crippen LogP contribution is -2.61. The Morgan fingerprint density at radius 3 is 1.89 bits per heavy atom. The topological polar surface area (TPSA) is 426 Å². The summed E-state index contributed by atoms with van der Waals surface area (Å²) in [4.78, 5) is 158. The number of nitrogens with zero attached hydrogens (tertiary/aromatic N) is 4. The second-order valence-corrected chi connectivity index (χ2v) is 20.8. The predicted octanol–water partition coefficient (Wildman–Crippen LogP) is -4.43. The minimum atomic E-state index is -1.78. The van der Waals surface area contributed by atoms with Crippen molar-refractivity contribution in [3.05, 3.63) is 71.8 Å².